The Morgan fingerprint density at radius 3 is 0.880 bits per heavy atom. The Kier molecular flexibility index (Phi) is 42.4. The number of hydrogen-bond acceptors (Lipinski definition) is 29. The number of carbonyl (C=O) groups is 5. The van der Waals surface area contributed by atoms with E-state index in [1.165, 1.54) is 30.3 Å². The highest BCUT2D eigenvalue weighted by Gasteiger charge is 2.41. The van der Waals surface area contributed by atoms with E-state index < -0.39 is 59.8 Å². The molecule has 2 atom stereocenters. The van der Waals surface area contributed by atoms with Gasteiger partial charge < -0.3 is 66.4 Å². The fraction of sp³-hybridized carbons (Fsp3) is 0.582. The van der Waals surface area contributed by atoms with Crippen LogP contribution in [0.2, 0.25) is 0 Å². The Bertz CT molecular complexity index is 5800. The highest BCUT2D eigenvalue weighted by Crippen LogP contribution is 2.35. The van der Waals surface area contributed by atoms with Crippen LogP contribution in [0.4, 0.5) is 76.5 Å². The van der Waals surface area contributed by atoms with Gasteiger partial charge in [0.1, 0.15) is 5.25 Å². The summed E-state index contributed by atoms with van der Waals surface area (Å²) in [7, 11) is 6.98. The van der Waals surface area contributed by atoms with Crippen molar-refractivity contribution in [2.75, 3.05) is 130 Å². The molecule has 13 rings (SSSR count). The fourth-order valence-corrected chi connectivity index (χ4v) is 16.2. The minimum absolute atomic E-state index is 0.0349. The van der Waals surface area contributed by atoms with E-state index in [0.29, 0.717) is 92.4 Å². The molecule has 12 heterocycles. The summed E-state index contributed by atoms with van der Waals surface area (Å²) in [5.41, 5.74) is 3.53. The molecule has 38 nitrogen and oxygen atoms in total. The van der Waals surface area contributed by atoms with Crippen LogP contribution >= 0.6 is 47.0 Å². The van der Waals surface area contributed by atoms with Gasteiger partial charge in [-0.05, 0) is 60.3 Å². The third kappa shape index (κ3) is 31.1. The number of nitrogens with one attached hydrogen (secondary N) is 4. The van der Waals surface area contributed by atoms with Gasteiger partial charge in [0.25, 0.3) is 22.2 Å². The van der Waals surface area contributed by atoms with Gasteiger partial charge in [-0.2, -0.15) is 72.6 Å². The Labute approximate surface area is 769 Å². The molecule has 133 heavy (non-hydrogen) atoms. The number of thioether (sulfide) groups is 4. The van der Waals surface area contributed by atoms with Crippen molar-refractivity contribution in [2.45, 2.75) is 181 Å². The van der Waals surface area contributed by atoms with Gasteiger partial charge in [0.05, 0.1) is 26.2 Å². The molecule has 730 valence electrons. The summed E-state index contributed by atoms with van der Waals surface area (Å²) in [5.74, 6) is 15.9. The van der Waals surface area contributed by atoms with E-state index in [0.717, 1.165) is 168 Å². The zero-order chi connectivity index (χ0) is 99.2. The predicted molar refractivity (Wildman–Crippen MR) is 478 cm³/mol. The third-order valence-corrected chi connectivity index (χ3v) is 24.5. The summed E-state index contributed by atoms with van der Waals surface area (Å²) < 4.78 is 141. The molecule has 5 aliphatic rings. The number of carboxylic acids is 5. The summed E-state index contributed by atoms with van der Waals surface area (Å²) >= 11 is 5.97. The molecule has 4 aliphatic heterocycles. The van der Waals surface area contributed by atoms with Crippen molar-refractivity contribution < 1.29 is 102 Å². The molecular weight excluding hydrogens is 1870 g/mol. The van der Waals surface area contributed by atoms with Gasteiger partial charge in [-0.25, -0.2) is 39.1 Å². The van der Waals surface area contributed by atoms with Crippen LogP contribution in [-0.2, 0) is 78.3 Å². The lowest BCUT2D eigenvalue weighted by molar-refractivity contribution is -0.193. The molecule has 9 N–H and O–H groups in total. The van der Waals surface area contributed by atoms with E-state index in [1.807, 2.05) is 32.2 Å². The largest absolute Gasteiger partial charge is 0.490 e. The average Bonchev–Trinajstić information content (AvgIpc) is 1.67. The Hall–Kier alpha value is -11.4. The second kappa shape index (κ2) is 51.2. The van der Waals surface area contributed by atoms with Crippen molar-refractivity contribution in [1.29, 1.82) is 0 Å². The second-order valence-corrected chi connectivity index (χ2v) is 33.9. The lowest BCUT2D eigenvalue weighted by atomic mass is 10.4. The molecule has 5 fully saturated rings. The van der Waals surface area contributed by atoms with Gasteiger partial charge >= 0.3 is 54.6 Å². The van der Waals surface area contributed by atoms with Crippen LogP contribution in [0, 0.1) is 47.4 Å². The predicted octanol–water partition coefficient (Wildman–Crippen LogP) is 6.78. The number of anilines is 4. The number of carboxylic acid groups (broad SMARTS) is 5. The van der Waals surface area contributed by atoms with Crippen LogP contribution in [0.1, 0.15) is 93.9 Å². The normalized spacial score (nSPS) is 15.0. The standard InChI is InChI=1S/C19H26N6OS.C18H26N6OS.C17H22N6O3S.C17H24N6OS.4C2HF3O2/c1-3-4-11-25-15-16(21-18(25)24-12-9-20-10-13-24)22-19(23(2)17(15)26)27-14-7-5-6-8-14;1-5-7-10-24-14-15(20-17(24)23-11-8-19-9-12-23)21-18(22(4)16(14)25)26-13(3)6-2;1-4-5-8-23-12-13(19-16(23)22-9-6-18-7-10-22)20-17(21(3)14(12)24)27-11(2)15(25)26;1-4-6-9-23-13-14(19-16(23)22-10-7-18-8-11-22)20-17(25-12-5-2)21(3)15(13)24;4*3-2(4,5)1(6)7/h14,20H,5-13H2,1-2H3;13,19H,6,8-12H2,1-4H3;11,18H,6-10H2,1-3H3,(H,25,26);18H,5,7-12H2,1-3H3;4*(H,6,7). The molecular formula is C79H102F12N24O14S4. The third-order valence-electron chi connectivity index (χ3n) is 19.4. The first-order chi connectivity index (χ1) is 62.6. The average molecular weight is 1970 g/mol. The monoisotopic (exact) mass is 1970 g/mol. The van der Waals surface area contributed by atoms with E-state index in [2.05, 4.69) is 124 Å². The first-order valence-corrected chi connectivity index (χ1v) is 44.6. The molecule has 0 bridgehead atoms. The van der Waals surface area contributed by atoms with Crippen molar-refractivity contribution in [3.8, 4) is 47.4 Å². The number of nitrogens with zero attached hydrogens (tertiary/aromatic N) is 20. The minimum atomic E-state index is -5.08. The van der Waals surface area contributed by atoms with Crippen LogP contribution in [0.5, 0.6) is 0 Å². The van der Waals surface area contributed by atoms with E-state index in [4.69, 9.17) is 69.6 Å². The molecule has 0 radical (unpaired) electrons. The summed E-state index contributed by atoms with van der Waals surface area (Å²) in [4.78, 5) is 145. The lowest BCUT2D eigenvalue weighted by Crippen LogP contribution is -2.44. The minimum Gasteiger partial charge on any atom is -0.480 e. The number of aromatic nitrogens is 16. The van der Waals surface area contributed by atoms with E-state index in [-0.39, 0.29) is 22.2 Å². The maximum atomic E-state index is 13.2. The summed E-state index contributed by atoms with van der Waals surface area (Å²) in [6, 6.07) is 0. The van der Waals surface area contributed by atoms with Gasteiger partial charge in [0.15, 0.2) is 65.3 Å². The van der Waals surface area contributed by atoms with Gasteiger partial charge in [0.2, 0.25) is 23.8 Å². The number of piperazine rings is 4. The number of fused-ring (bicyclic) bond motifs is 4. The summed E-state index contributed by atoms with van der Waals surface area (Å²) in [5, 5.41) is 53.8. The quantitative estimate of drug-likeness (QED) is 0.0174. The zero-order valence-corrected chi connectivity index (χ0v) is 77.6. The van der Waals surface area contributed by atoms with Gasteiger partial charge in [0, 0.05) is 149 Å². The molecule has 1 saturated carbocycles. The van der Waals surface area contributed by atoms with Crippen LogP contribution in [-0.4, -0.2) is 283 Å². The SMILES string of the molecule is CC#CCn1c(N2CCNCC2)nc2nc(SC(C)C(=O)O)n(C)c(=O)c21.CC#CCn1c(N2CCNCC2)nc2nc(SC(C)CC)n(C)c(=O)c21.CC#CCn1c(N2CCNCC2)nc2nc(SC3CCCC3)n(C)c(=O)c21.CC#CCn1c(N2CCNCC2)nc2nc(SCCC)n(C)c(=O)c21.O=C(O)C(F)(F)F.O=C(O)C(F)(F)F.O=C(O)C(F)(F)F.O=C(O)C(F)(F)F. The van der Waals surface area contributed by atoms with Gasteiger partial charge in [-0.15, -0.1) is 23.7 Å². The molecule has 2 unspecified atom stereocenters. The highest BCUT2D eigenvalue weighted by molar-refractivity contribution is 8.00. The molecule has 0 amide bonds. The number of alkyl halides is 12. The molecule has 4 saturated heterocycles. The Morgan fingerprint density at radius 2 is 0.639 bits per heavy atom. The molecule has 0 spiro atoms. The number of hydrogen-bond donors (Lipinski definition) is 9. The van der Waals surface area contributed by atoms with Crippen LogP contribution < -0.4 is 63.1 Å². The summed E-state index contributed by atoms with van der Waals surface area (Å²) in [6.45, 7) is 30.7. The molecule has 8 aromatic heterocycles. The smallest absolute Gasteiger partial charge is 0.480 e. The first-order valence-electron chi connectivity index (χ1n) is 41.0. The number of halogens is 12. The number of rotatable bonds is 19. The Balaban J connectivity index is 0.000000248. The van der Waals surface area contributed by atoms with E-state index >= 15 is 0 Å². The van der Waals surface area contributed by atoms with Crippen molar-refractivity contribution in [3.05, 3.63) is 41.4 Å². The maximum Gasteiger partial charge on any atom is 0.490 e. The van der Waals surface area contributed by atoms with Crippen molar-refractivity contribution in [1.82, 2.24) is 97.7 Å². The highest BCUT2D eigenvalue weighted by atomic mass is 32.2. The van der Waals surface area contributed by atoms with E-state index in [1.54, 1.807) is 97.8 Å². The summed E-state index contributed by atoms with van der Waals surface area (Å²) in [6.07, 6.45) is -13.3. The van der Waals surface area contributed by atoms with Crippen LogP contribution in [0.15, 0.2) is 39.8 Å². The molecule has 0 aromatic carbocycles. The van der Waals surface area contributed by atoms with Crippen LogP contribution in [0.3, 0.4) is 0 Å². The second-order valence-electron chi connectivity index (χ2n) is 28.9. The first kappa shape index (κ1) is 110. The van der Waals surface area contributed by atoms with Crippen molar-refractivity contribution in [3.63, 3.8) is 0 Å². The number of aliphatic carboxylic acids is 5. The van der Waals surface area contributed by atoms with Gasteiger partial charge in [-0.3, -0.25) is 60.5 Å². The molecule has 1 aliphatic carbocycles. The van der Waals surface area contributed by atoms with E-state index in [9.17, 15) is 76.7 Å². The molecule has 54 heteroatoms. The van der Waals surface area contributed by atoms with Crippen molar-refractivity contribution in [2.24, 2.45) is 28.2 Å². The van der Waals surface area contributed by atoms with Gasteiger partial charge in [-0.1, -0.05) is 104 Å². The lowest BCUT2D eigenvalue weighted by Gasteiger charge is -2.28. The maximum absolute atomic E-state index is 13.2. The topological polar surface area (TPSA) is 458 Å². The fourth-order valence-electron chi connectivity index (χ4n) is 12.4. The van der Waals surface area contributed by atoms with Crippen molar-refractivity contribution >= 4 is 145 Å². The Morgan fingerprint density at radius 1 is 0.398 bits per heavy atom. The number of imidazole rings is 4. The zero-order valence-electron chi connectivity index (χ0n) is 74.3. The van der Waals surface area contributed by atoms with Crippen LogP contribution in [0.25, 0.3) is 44.7 Å². The molecule has 8 aromatic rings.